The predicted molar refractivity (Wildman–Crippen MR) is 91.4 cm³/mol. The lowest BCUT2D eigenvalue weighted by atomic mass is 10.0. The lowest BCUT2D eigenvalue weighted by Gasteiger charge is -2.28. The Morgan fingerprint density at radius 2 is 1.85 bits per heavy atom. The molecule has 1 aromatic carbocycles. The molecule has 0 bridgehead atoms. The second-order valence-electron chi connectivity index (χ2n) is 6.77. The van der Waals surface area contributed by atoms with Gasteiger partial charge in [0.15, 0.2) is 17.5 Å². The van der Waals surface area contributed by atoms with Gasteiger partial charge in [-0.25, -0.2) is 23.1 Å². The molecule has 26 heavy (non-hydrogen) atoms. The molecule has 2 aliphatic heterocycles. The minimum atomic E-state index is -1.17. The molecule has 0 unspecified atom stereocenters. The highest BCUT2D eigenvalue weighted by Crippen LogP contribution is 2.22. The molecule has 3 heterocycles. The maximum atomic E-state index is 13.9. The van der Waals surface area contributed by atoms with Gasteiger partial charge in [0.25, 0.3) is 0 Å². The van der Waals surface area contributed by atoms with Crippen molar-refractivity contribution in [3.05, 3.63) is 58.4 Å². The number of aliphatic imine (C=N–C) groups is 1. The van der Waals surface area contributed by atoms with Gasteiger partial charge in [-0.1, -0.05) is 0 Å². The molecule has 0 radical (unpaired) electrons. The van der Waals surface area contributed by atoms with Crippen molar-refractivity contribution >= 4 is 5.71 Å². The van der Waals surface area contributed by atoms with Crippen molar-refractivity contribution in [2.24, 2.45) is 4.99 Å². The first kappa shape index (κ1) is 17.1. The predicted octanol–water partition coefficient (Wildman–Crippen LogP) is 3.43. The van der Waals surface area contributed by atoms with Gasteiger partial charge < -0.3 is 0 Å². The van der Waals surface area contributed by atoms with Crippen LogP contribution in [-0.2, 0) is 19.5 Å². The van der Waals surface area contributed by atoms with Crippen LogP contribution >= 0.6 is 0 Å². The molecule has 4 nitrogen and oxygen atoms in total. The first-order chi connectivity index (χ1) is 12.6. The SMILES string of the molecule is Fc1cc(F)c(CN2CCc3nc(C4=NCCCC4)ncc3C2)cc1F. The fourth-order valence-corrected chi connectivity index (χ4v) is 3.45. The van der Waals surface area contributed by atoms with Crippen LogP contribution in [0.15, 0.2) is 23.3 Å². The van der Waals surface area contributed by atoms with Crippen LogP contribution < -0.4 is 0 Å². The summed E-state index contributed by atoms with van der Waals surface area (Å²) in [6.45, 7) is 2.29. The topological polar surface area (TPSA) is 41.4 Å². The number of hydrogen-bond acceptors (Lipinski definition) is 4. The Balaban J connectivity index is 1.50. The van der Waals surface area contributed by atoms with Gasteiger partial charge in [0.05, 0.1) is 11.4 Å². The molecule has 0 atom stereocenters. The smallest absolute Gasteiger partial charge is 0.173 e. The lowest BCUT2D eigenvalue weighted by molar-refractivity contribution is 0.239. The van der Waals surface area contributed by atoms with E-state index in [1.807, 2.05) is 11.1 Å². The molecular weight excluding hydrogens is 341 g/mol. The molecule has 2 aliphatic rings. The first-order valence-corrected chi connectivity index (χ1v) is 8.84. The summed E-state index contributed by atoms with van der Waals surface area (Å²) in [5, 5.41) is 0. The number of fused-ring (bicyclic) bond motifs is 1. The van der Waals surface area contributed by atoms with E-state index >= 15 is 0 Å². The van der Waals surface area contributed by atoms with Gasteiger partial charge in [0.1, 0.15) is 5.82 Å². The summed E-state index contributed by atoms with van der Waals surface area (Å²) in [5.41, 5.74) is 3.11. The number of rotatable bonds is 3. The van der Waals surface area contributed by atoms with E-state index in [0.717, 1.165) is 48.8 Å². The van der Waals surface area contributed by atoms with Gasteiger partial charge in [0, 0.05) is 56.0 Å². The summed E-state index contributed by atoms with van der Waals surface area (Å²) in [6.07, 6.45) is 5.67. The molecule has 0 saturated carbocycles. The Morgan fingerprint density at radius 1 is 1.00 bits per heavy atom. The normalized spacial score (nSPS) is 17.7. The number of nitrogens with zero attached hydrogens (tertiary/aromatic N) is 4. The van der Waals surface area contributed by atoms with Crippen LogP contribution in [0.5, 0.6) is 0 Å². The quantitative estimate of drug-likeness (QED) is 0.788. The number of hydrogen-bond donors (Lipinski definition) is 0. The van der Waals surface area contributed by atoms with E-state index in [9.17, 15) is 13.2 Å². The van der Waals surface area contributed by atoms with Gasteiger partial charge in [-0.3, -0.25) is 9.89 Å². The van der Waals surface area contributed by atoms with Crippen molar-refractivity contribution in [1.29, 1.82) is 0 Å². The van der Waals surface area contributed by atoms with Crippen LogP contribution in [0.25, 0.3) is 0 Å². The van der Waals surface area contributed by atoms with Gasteiger partial charge in [-0.05, 0) is 25.3 Å². The number of halogens is 3. The van der Waals surface area contributed by atoms with Crippen molar-refractivity contribution in [2.45, 2.75) is 38.8 Å². The maximum absolute atomic E-state index is 13.9. The molecule has 7 heteroatoms. The van der Waals surface area contributed by atoms with Gasteiger partial charge in [-0.15, -0.1) is 0 Å². The standard InChI is InChI=1S/C19H19F3N4/c20-14-8-16(22)15(21)7-12(14)10-26-6-4-17-13(11-26)9-24-19(25-17)18-3-1-2-5-23-18/h7-9H,1-6,10-11H2. The highest BCUT2D eigenvalue weighted by atomic mass is 19.2. The molecule has 0 saturated heterocycles. The molecular formula is C19H19F3N4. The van der Waals surface area contributed by atoms with E-state index in [-0.39, 0.29) is 12.1 Å². The van der Waals surface area contributed by atoms with Crippen molar-refractivity contribution in [1.82, 2.24) is 14.9 Å². The molecule has 0 N–H and O–H groups in total. The molecule has 0 aliphatic carbocycles. The Kier molecular flexibility index (Phi) is 4.72. The summed E-state index contributed by atoms with van der Waals surface area (Å²) in [7, 11) is 0. The monoisotopic (exact) mass is 360 g/mol. The van der Waals surface area contributed by atoms with E-state index in [1.165, 1.54) is 0 Å². The van der Waals surface area contributed by atoms with E-state index in [4.69, 9.17) is 0 Å². The van der Waals surface area contributed by atoms with Crippen LogP contribution in [0.4, 0.5) is 13.2 Å². The van der Waals surface area contributed by atoms with E-state index in [1.54, 1.807) is 0 Å². The molecule has 2 aromatic rings. The second kappa shape index (κ2) is 7.15. The lowest BCUT2D eigenvalue weighted by Crippen LogP contribution is -2.31. The van der Waals surface area contributed by atoms with E-state index in [0.29, 0.717) is 31.4 Å². The summed E-state index contributed by atoms with van der Waals surface area (Å²) >= 11 is 0. The Hall–Kier alpha value is -2.28. The van der Waals surface area contributed by atoms with Crippen LogP contribution in [0, 0.1) is 17.5 Å². The third-order valence-corrected chi connectivity index (χ3v) is 4.88. The third kappa shape index (κ3) is 3.49. The minimum absolute atomic E-state index is 0.154. The van der Waals surface area contributed by atoms with Crippen LogP contribution in [0.3, 0.4) is 0 Å². The largest absolute Gasteiger partial charge is 0.294 e. The Bertz CT molecular complexity index is 866. The van der Waals surface area contributed by atoms with Crippen molar-refractivity contribution in [3.8, 4) is 0 Å². The Labute approximate surface area is 149 Å². The highest BCUT2D eigenvalue weighted by Gasteiger charge is 2.21. The zero-order valence-electron chi connectivity index (χ0n) is 14.3. The molecule has 136 valence electrons. The molecule has 0 amide bonds. The summed E-state index contributed by atoms with van der Waals surface area (Å²) < 4.78 is 40.3. The fraction of sp³-hybridized carbons (Fsp3) is 0.421. The van der Waals surface area contributed by atoms with Gasteiger partial charge in [-0.2, -0.15) is 0 Å². The average molecular weight is 360 g/mol. The first-order valence-electron chi connectivity index (χ1n) is 8.84. The van der Waals surface area contributed by atoms with E-state index < -0.39 is 17.5 Å². The van der Waals surface area contributed by atoms with Gasteiger partial charge >= 0.3 is 0 Å². The summed E-state index contributed by atoms with van der Waals surface area (Å²) in [6, 6.07) is 1.53. The second-order valence-corrected chi connectivity index (χ2v) is 6.77. The summed E-state index contributed by atoms with van der Waals surface area (Å²) in [5.74, 6) is -2.21. The maximum Gasteiger partial charge on any atom is 0.173 e. The molecule has 0 spiro atoms. The average Bonchev–Trinajstić information content (AvgIpc) is 2.66. The van der Waals surface area contributed by atoms with Crippen molar-refractivity contribution in [3.63, 3.8) is 0 Å². The van der Waals surface area contributed by atoms with Crippen molar-refractivity contribution < 1.29 is 13.2 Å². The zero-order chi connectivity index (χ0) is 18.1. The highest BCUT2D eigenvalue weighted by molar-refractivity contribution is 5.97. The molecule has 1 aromatic heterocycles. The van der Waals surface area contributed by atoms with Crippen LogP contribution in [0.2, 0.25) is 0 Å². The zero-order valence-corrected chi connectivity index (χ0v) is 14.3. The Morgan fingerprint density at radius 3 is 2.65 bits per heavy atom. The van der Waals surface area contributed by atoms with E-state index in [2.05, 4.69) is 15.0 Å². The summed E-state index contributed by atoms with van der Waals surface area (Å²) in [4.78, 5) is 15.6. The van der Waals surface area contributed by atoms with Crippen LogP contribution in [0.1, 0.15) is 41.9 Å². The molecule has 4 rings (SSSR count). The minimum Gasteiger partial charge on any atom is -0.294 e. The molecule has 0 fully saturated rings. The fourth-order valence-electron chi connectivity index (χ4n) is 3.45. The number of benzene rings is 1. The number of aromatic nitrogens is 2. The van der Waals surface area contributed by atoms with Gasteiger partial charge in [0.2, 0.25) is 0 Å². The third-order valence-electron chi connectivity index (χ3n) is 4.88. The van der Waals surface area contributed by atoms with Crippen molar-refractivity contribution in [2.75, 3.05) is 13.1 Å². The van der Waals surface area contributed by atoms with Crippen LogP contribution in [-0.4, -0.2) is 33.7 Å².